The van der Waals surface area contributed by atoms with E-state index in [-0.39, 0.29) is 24.4 Å². The summed E-state index contributed by atoms with van der Waals surface area (Å²) in [5, 5.41) is 2.99. The van der Waals surface area contributed by atoms with Crippen LogP contribution in [0.1, 0.15) is 51.0 Å². The summed E-state index contributed by atoms with van der Waals surface area (Å²) in [4.78, 5) is 12.4. The van der Waals surface area contributed by atoms with Gasteiger partial charge in [0, 0.05) is 0 Å². The van der Waals surface area contributed by atoms with Gasteiger partial charge in [-0.15, -0.1) is 12.4 Å². The van der Waals surface area contributed by atoms with Gasteiger partial charge in [0.25, 0.3) is 0 Å². The number of aryl methyl sites for hydroxylation is 1. The van der Waals surface area contributed by atoms with Gasteiger partial charge in [-0.2, -0.15) is 0 Å². The number of amides is 1. The van der Waals surface area contributed by atoms with Gasteiger partial charge in [-0.05, 0) is 43.9 Å². The van der Waals surface area contributed by atoms with E-state index in [1.54, 1.807) is 0 Å². The minimum absolute atomic E-state index is 0. The van der Waals surface area contributed by atoms with Crippen molar-refractivity contribution in [2.75, 3.05) is 6.54 Å². The molecular weight excluding hydrogens is 312 g/mol. The van der Waals surface area contributed by atoms with Crippen molar-refractivity contribution in [3.8, 4) is 5.75 Å². The smallest absolute Gasteiger partial charge is 0.240 e. The van der Waals surface area contributed by atoms with E-state index >= 15 is 0 Å². The number of hydrogen-bond donors (Lipinski definition) is 2. The lowest BCUT2D eigenvalue weighted by atomic mass is 9.82. The molecule has 1 aromatic carbocycles. The first-order valence-corrected chi connectivity index (χ1v) is 8.34. The van der Waals surface area contributed by atoms with Crippen molar-refractivity contribution in [3.05, 3.63) is 29.8 Å². The lowest BCUT2D eigenvalue weighted by molar-refractivity contribution is -0.127. The number of nitrogens with one attached hydrogen (secondary N) is 1. The zero-order valence-corrected chi connectivity index (χ0v) is 15.0. The number of nitrogens with two attached hydrogens (primary N) is 1. The largest absolute Gasteiger partial charge is 0.489 e. The highest BCUT2D eigenvalue weighted by Crippen LogP contribution is 2.26. The van der Waals surface area contributed by atoms with E-state index < -0.39 is 5.54 Å². The summed E-state index contributed by atoms with van der Waals surface area (Å²) < 4.78 is 5.96. The molecule has 0 bridgehead atoms. The predicted molar refractivity (Wildman–Crippen MR) is 96.1 cm³/mol. The molecule has 1 atom stereocenters. The predicted octanol–water partition coefficient (Wildman–Crippen LogP) is 3.35. The van der Waals surface area contributed by atoms with Crippen LogP contribution >= 0.6 is 12.4 Å². The Hall–Kier alpha value is -1.26. The normalized spacial score (nSPS) is 17.7. The van der Waals surface area contributed by atoms with E-state index in [1.807, 2.05) is 31.2 Å². The van der Waals surface area contributed by atoms with Crippen LogP contribution in [0.2, 0.25) is 0 Å². The highest BCUT2D eigenvalue weighted by Gasteiger charge is 2.35. The summed E-state index contributed by atoms with van der Waals surface area (Å²) in [7, 11) is 0. The van der Waals surface area contributed by atoms with Gasteiger partial charge in [0.1, 0.15) is 11.9 Å². The average Bonchev–Trinajstić information content (AvgIpc) is 2.51. The fourth-order valence-electron chi connectivity index (χ4n) is 2.94. The third-order valence-corrected chi connectivity index (χ3v) is 4.44. The molecule has 5 heteroatoms. The molecule has 1 amide bonds. The van der Waals surface area contributed by atoms with E-state index in [9.17, 15) is 4.79 Å². The van der Waals surface area contributed by atoms with Crippen LogP contribution in [0, 0.1) is 6.92 Å². The number of rotatable bonds is 6. The van der Waals surface area contributed by atoms with E-state index in [1.165, 1.54) is 12.0 Å². The second kappa shape index (κ2) is 9.14. The first-order valence-electron chi connectivity index (χ1n) is 8.34. The van der Waals surface area contributed by atoms with Crippen LogP contribution in [0.15, 0.2) is 24.3 Å². The van der Waals surface area contributed by atoms with Crippen molar-refractivity contribution in [3.63, 3.8) is 0 Å². The molecule has 1 unspecified atom stereocenters. The monoisotopic (exact) mass is 340 g/mol. The van der Waals surface area contributed by atoms with Crippen molar-refractivity contribution in [1.29, 1.82) is 0 Å². The third-order valence-electron chi connectivity index (χ3n) is 4.44. The Morgan fingerprint density at radius 1 is 1.35 bits per heavy atom. The van der Waals surface area contributed by atoms with Crippen molar-refractivity contribution >= 4 is 18.3 Å². The number of ether oxygens (including phenoxy) is 1. The van der Waals surface area contributed by atoms with Gasteiger partial charge in [-0.3, -0.25) is 4.79 Å². The van der Waals surface area contributed by atoms with E-state index in [2.05, 4.69) is 12.2 Å². The van der Waals surface area contributed by atoms with Gasteiger partial charge in [0.2, 0.25) is 5.91 Å². The molecule has 23 heavy (non-hydrogen) atoms. The van der Waals surface area contributed by atoms with Crippen LogP contribution in [0.3, 0.4) is 0 Å². The van der Waals surface area contributed by atoms with E-state index in [0.29, 0.717) is 6.54 Å². The van der Waals surface area contributed by atoms with Crippen LogP contribution in [0.5, 0.6) is 5.75 Å². The second-order valence-corrected chi connectivity index (χ2v) is 6.39. The SMILES string of the molecule is CCC(CNC(=O)C1(N)CCCCC1)Oc1cccc(C)c1.Cl. The summed E-state index contributed by atoms with van der Waals surface area (Å²) in [5.74, 6) is 0.819. The van der Waals surface area contributed by atoms with Gasteiger partial charge < -0.3 is 15.8 Å². The summed E-state index contributed by atoms with van der Waals surface area (Å²) in [5.41, 5.74) is 6.74. The molecule has 0 heterocycles. The lowest BCUT2D eigenvalue weighted by Crippen LogP contribution is -2.56. The number of halogens is 1. The molecule has 4 nitrogen and oxygen atoms in total. The van der Waals surface area contributed by atoms with Crippen LogP contribution < -0.4 is 15.8 Å². The zero-order valence-electron chi connectivity index (χ0n) is 14.1. The minimum atomic E-state index is -0.681. The molecule has 0 saturated heterocycles. The molecule has 1 saturated carbocycles. The summed E-state index contributed by atoms with van der Waals surface area (Å²) in [6, 6.07) is 7.97. The standard InChI is InChI=1S/C18H28N2O2.ClH/c1-3-15(22-16-9-7-8-14(2)12-16)13-20-17(21)18(19)10-5-4-6-11-18;/h7-9,12,15H,3-6,10-11,13,19H2,1-2H3,(H,20,21);1H. The molecule has 1 aliphatic rings. The quantitative estimate of drug-likeness (QED) is 0.834. The van der Waals surface area contributed by atoms with E-state index in [4.69, 9.17) is 10.5 Å². The number of hydrogen-bond acceptors (Lipinski definition) is 3. The number of carbonyl (C=O) groups is 1. The molecule has 3 N–H and O–H groups in total. The van der Waals surface area contributed by atoms with Crippen molar-refractivity contribution in [2.24, 2.45) is 5.73 Å². The highest BCUT2D eigenvalue weighted by atomic mass is 35.5. The average molecular weight is 341 g/mol. The lowest BCUT2D eigenvalue weighted by Gasteiger charge is -2.32. The maximum atomic E-state index is 12.4. The molecule has 1 fully saturated rings. The molecule has 0 radical (unpaired) electrons. The second-order valence-electron chi connectivity index (χ2n) is 6.39. The maximum Gasteiger partial charge on any atom is 0.240 e. The van der Waals surface area contributed by atoms with Crippen molar-refractivity contribution in [1.82, 2.24) is 5.32 Å². The van der Waals surface area contributed by atoms with Gasteiger partial charge in [-0.1, -0.05) is 38.3 Å². The first-order chi connectivity index (χ1) is 10.5. The molecule has 1 aliphatic carbocycles. The van der Waals surface area contributed by atoms with Gasteiger partial charge >= 0.3 is 0 Å². The first kappa shape index (κ1) is 19.8. The summed E-state index contributed by atoms with van der Waals surface area (Å²) in [6.45, 7) is 4.60. The topological polar surface area (TPSA) is 64.4 Å². The van der Waals surface area contributed by atoms with Crippen LogP contribution in [-0.2, 0) is 4.79 Å². The summed E-state index contributed by atoms with van der Waals surface area (Å²) >= 11 is 0. The fourth-order valence-corrected chi connectivity index (χ4v) is 2.94. The Kier molecular flexibility index (Phi) is 7.86. The Labute approximate surface area is 145 Å². The molecule has 2 rings (SSSR count). The van der Waals surface area contributed by atoms with Crippen LogP contribution in [0.4, 0.5) is 0 Å². The Morgan fingerprint density at radius 3 is 2.65 bits per heavy atom. The van der Waals surface area contributed by atoms with Crippen molar-refractivity contribution in [2.45, 2.75) is 64.0 Å². The van der Waals surface area contributed by atoms with Crippen molar-refractivity contribution < 1.29 is 9.53 Å². The molecule has 1 aromatic rings. The van der Waals surface area contributed by atoms with E-state index in [0.717, 1.165) is 37.9 Å². The molecule has 0 aromatic heterocycles. The van der Waals surface area contributed by atoms with Crippen LogP contribution in [-0.4, -0.2) is 24.1 Å². The number of carbonyl (C=O) groups excluding carboxylic acids is 1. The number of benzene rings is 1. The van der Waals surface area contributed by atoms with Gasteiger partial charge in [-0.25, -0.2) is 0 Å². The molecule has 0 aliphatic heterocycles. The van der Waals surface area contributed by atoms with Crippen LogP contribution in [0.25, 0.3) is 0 Å². The molecule has 0 spiro atoms. The Bertz CT molecular complexity index is 502. The molecule has 130 valence electrons. The minimum Gasteiger partial charge on any atom is -0.489 e. The highest BCUT2D eigenvalue weighted by molar-refractivity contribution is 5.86. The van der Waals surface area contributed by atoms with Gasteiger partial charge in [0.05, 0.1) is 12.1 Å². The molecular formula is C18H29ClN2O2. The Morgan fingerprint density at radius 2 is 2.04 bits per heavy atom. The summed E-state index contributed by atoms with van der Waals surface area (Å²) in [6.07, 6.45) is 5.65. The van der Waals surface area contributed by atoms with Gasteiger partial charge in [0.15, 0.2) is 0 Å². The fraction of sp³-hybridized carbons (Fsp3) is 0.611. The Balaban J connectivity index is 0.00000264. The zero-order chi connectivity index (χ0) is 16.0. The third kappa shape index (κ3) is 5.70. The maximum absolute atomic E-state index is 12.4.